The van der Waals surface area contributed by atoms with Gasteiger partial charge >= 0.3 is 35.5 Å². The van der Waals surface area contributed by atoms with Gasteiger partial charge in [0.2, 0.25) is 0 Å². The Bertz CT molecular complexity index is 66.6. The van der Waals surface area contributed by atoms with Crippen LogP contribution in [-0.2, 0) is 14.3 Å². The van der Waals surface area contributed by atoms with E-state index in [1.165, 1.54) is 7.11 Å². The van der Waals surface area contributed by atoms with Crippen LogP contribution in [0.15, 0.2) is 0 Å². The topological polar surface area (TPSA) is 35.5 Å². The summed E-state index contributed by atoms with van der Waals surface area (Å²) >= 11 is 0. The number of carbonyl (C=O) groups excluding carboxylic acids is 1. The molecule has 0 bridgehead atoms. The molecule has 0 saturated carbocycles. The summed E-state index contributed by atoms with van der Waals surface area (Å²) in [6.07, 6.45) is 0. The molecule has 0 atom stereocenters. The van der Waals surface area contributed by atoms with Gasteiger partial charge in [-0.3, -0.25) is 0 Å². The Morgan fingerprint density at radius 2 is 2.11 bits per heavy atom. The van der Waals surface area contributed by atoms with E-state index in [-0.39, 0.29) is 42.1 Å². The van der Waals surface area contributed by atoms with E-state index in [2.05, 4.69) is 9.47 Å². The molecule has 9 heavy (non-hydrogen) atoms. The molecule has 0 aliphatic heterocycles. The van der Waals surface area contributed by atoms with Crippen molar-refractivity contribution in [2.24, 2.45) is 0 Å². The molecular formula is C5H11NaO3. The summed E-state index contributed by atoms with van der Waals surface area (Å²) in [5, 5.41) is 0. The van der Waals surface area contributed by atoms with E-state index in [0.717, 1.165) is 0 Å². The molecule has 0 rings (SSSR count). The second-order valence-corrected chi connectivity index (χ2v) is 1.24. The van der Waals surface area contributed by atoms with Crippen molar-refractivity contribution in [3.63, 3.8) is 0 Å². The number of hydrogen-bond acceptors (Lipinski definition) is 3. The van der Waals surface area contributed by atoms with Crippen LogP contribution in [0.2, 0.25) is 0 Å². The van der Waals surface area contributed by atoms with Gasteiger partial charge in [0.25, 0.3) is 0 Å². The van der Waals surface area contributed by atoms with Crippen LogP contribution in [0.3, 0.4) is 0 Å². The van der Waals surface area contributed by atoms with Crippen LogP contribution >= 0.6 is 0 Å². The molecule has 0 saturated heterocycles. The van der Waals surface area contributed by atoms with E-state index >= 15 is 0 Å². The summed E-state index contributed by atoms with van der Waals surface area (Å²) in [4.78, 5) is 10.3. The van der Waals surface area contributed by atoms with Gasteiger partial charge in [0, 0.05) is 7.11 Å². The summed E-state index contributed by atoms with van der Waals surface area (Å²) in [6.45, 7) is 2.23. The minimum absolute atomic E-state index is 0. The van der Waals surface area contributed by atoms with Crippen molar-refractivity contribution in [2.75, 3.05) is 20.3 Å². The fourth-order valence-electron chi connectivity index (χ4n) is 0.321. The SMILES string of the molecule is CCOC(=O)COC.[NaH]. The molecule has 0 unspecified atom stereocenters. The van der Waals surface area contributed by atoms with Crippen LogP contribution in [0.5, 0.6) is 0 Å². The van der Waals surface area contributed by atoms with Crippen LogP contribution in [-0.4, -0.2) is 55.9 Å². The third kappa shape index (κ3) is 8.43. The van der Waals surface area contributed by atoms with Gasteiger partial charge in [-0.1, -0.05) is 0 Å². The summed E-state index contributed by atoms with van der Waals surface area (Å²) < 4.78 is 9.00. The second-order valence-electron chi connectivity index (χ2n) is 1.24. The Morgan fingerprint density at radius 1 is 1.56 bits per heavy atom. The molecule has 0 aliphatic rings. The van der Waals surface area contributed by atoms with E-state index in [4.69, 9.17) is 0 Å². The molecule has 0 fully saturated rings. The predicted molar refractivity (Wildman–Crippen MR) is 35.7 cm³/mol. The average Bonchev–Trinajstić information content (AvgIpc) is 1.68. The van der Waals surface area contributed by atoms with E-state index < -0.39 is 0 Å². The van der Waals surface area contributed by atoms with E-state index in [0.29, 0.717) is 6.61 Å². The fraction of sp³-hybridized carbons (Fsp3) is 0.800. The van der Waals surface area contributed by atoms with Crippen molar-refractivity contribution in [3.05, 3.63) is 0 Å². The maximum atomic E-state index is 10.3. The number of carbonyl (C=O) groups is 1. The number of ether oxygens (including phenoxy) is 2. The van der Waals surface area contributed by atoms with Gasteiger partial charge in [0.05, 0.1) is 6.61 Å². The van der Waals surface area contributed by atoms with Gasteiger partial charge in [-0.25, -0.2) is 4.79 Å². The Kier molecular flexibility index (Phi) is 11.4. The predicted octanol–water partition coefficient (Wildman–Crippen LogP) is -0.453. The van der Waals surface area contributed by atoms with Crippen LogP contribution in [0.1, 0.15) is 6.92 Å². The van der Waals surface area contributed by atoms with Crippen LogP contribution in [0.25, 0.3) is 0 Å². The zero-order chi connectivity index (χ0) is 6.41. The molecule has 50 valence electrons. The third-order valence-electron chi connectivity index (χ3n) is 0.568. The van der Waals surface area contributed by atoms with Gasteiger partial charge in [-0.05, 0) is 6.92 Å². The average molecular weight is 142 g/mol. The zero-order valence-corrected chi connectivity index (χ0v) is 5.14. The van der Waals surface area contributed by atoms with Crippen molar-refractivity contribution in [1.29, 1.82) is 0 Å². The molecule has 0 aliphatic carbocycles. The summed E-state index contributed by atoms with van der Waals surface area (Å²) in [7, 11) is 1.46. The van der Waals surface area contributed by atoms with Crippen LogP contribution in [0.4, 0.5) is 0 Å². The summed E-state index contributed by atoms with van der Waals surface area (Å²) in [5.74, 6) is -0.310. The first-order chi connectivity index (χ1) is 3.81. The van der Waals surface area contributed by atoms with E-state index in [9.17, 15) is 4.79 Å². The van der Waals surface area contributed by atoms with Crippen molar-refractivity contribution >= 4 is 35.5 Å². The van der Waals surface area contributed by atoms with Crippen molar-refractivity contribution in [2.45, 2.75) is 6.92 Å². The number of rotatable bonds is 3. The van der Waals surface area contributed by atoms with Gasteiger partial charge in [-0.15, -0.1) is 0 Å². The van der Waals surface area contributed by atoms with E-state index in [1.54, 1.807) is 6.92 Å². The van der Waals surface area contributed by atoms with Crippen LogP contribution in [0, 0.1) is 0 Å². The molecule has 0 aromatic heterocycles. The number of methoxy groups -OCH3 is 1. The number of hydrogen-bond donors (Lipinski definition) is 0. The molecule has 0 amide bonds. The molecule has 0 aromatic rings. The quantitative estimate of drug-likeness (QED) is 0.395. The first-order valence-corrected chi connectivity index (χ1v) is 2.45. The molecule has 0 radical (unpaired) electrons. The van der Waals surface area contributed by atoms with Gasteiger partial charge < -0.3 is 9.47 Å². The zero-order valence-electron chi connectivity index (χ0n) is 5.14. The monoisotopic (exact) mass is 142 g/mol. The standard InChI is InChI=1S/C5H10O3.Na.H/c1-3-8-5(6)4-7-2;;/h3-4H2,1-2H3;;. The van der Waals surface area contributed by atoms with Gasteiger partial charge in [0.15, 0.2) is 0 Å². The molecule has 3 nitrogen and oxygen atoms in total. The molecule has 0 aromatic carbocycles. The molecule has 0 spiro atoms. The second kappa shape index (κ2) is 8.43. The Morgan fingerprint density at radius 3 is 2.44 bits per heavy atom. The Hall–Kier alpha value is 0.430. The fourth-order valence-corrected chi connectivity index (χ4v) is 0.321. The van der Waals surface area contributed by atoms with Gasteiger partial charge in [0.1, 0.15) is 6.61 Å². The number of esters is 1. The van der Waals surface area contributed by atoms with Crippen LogP contribution < -0.4 is 0 Å². The van der Waals surface area contributed by atoms with Crippen molar-refractivity contribution in [1.82, 2.24) is 0 Å². The van der Waals surface area contributed by atoms with E-state index in [1.807, 2.05) is 0 Å². The molecular weight excluding hydrogens is 131 g/mol. The summed E-state index contributed by atoms with van der Waals surface area (Å²) in [5.41, 5.74) is 0. The first kappa shape index (κ1) is 12.1. The Balaban J connectivity index is 0. The summed E-state index contributed by atoms with van der Waals surface area (Å²) in [6, 6.07) is 0. The van der Waals surface area contributed by atoms with Crippen molar-refractivity contribution < 1.29 is 14.3 Å². The maximum absolute atomic E-state index is 10.3. The normalized spacial score (nSPS) is 7.78. The minimum atomic E-state index is -0.310. The van der Waals surface area contributed by atoms with Gasteiger partial charge in [-0.2, -0.15) is 0 Å². The third-order valence-corrected chi connectivity index (χ3v) is 0.568. The molecule has 4 heteroatoms. The Labute approximate surface area is 77.0 Å². The first-order valence-electron chi connectivity index (χ1n) is 2.45. The molecule has 0 N–H and O–H groups in total. The van der Waals surface area contributed by atoms with Crippen molar-refractivity contribution in [3.8, 4) is 0 Å². The molecule has 0 heterocycles.